The first-order chi connectivity index (χ1) is 9.75. The number of fused-ring (bicyclic) bond motifs is 1. The molecule has 2 heterocycles. The number of anilines is 1. The van der Waals surface area contributed by atoms with Gasteiger partial charge in [0.1, 0.15) is 0 Å². The van der Waals surface area contributed by atoms with E-state index < -0.39 is 0 Å². The molecule has 0 saturated heterocycles. The zero-order valence-corrected chi connectivity index (χ0v) is 11.4. The van der Waals surface area contributed by atoms with Crippen molar-refractivity contribution in [3.05, 3.63) is 59.9 Å². The lowest BCUT2D eigenvalue weighted by Crippen LogP contribution is -2.48. The molecule has 0 fully saturated rings. The number of carbonyl (C=O) groups excluding carboxylic acids is 1. The topological polar surface area (TPSA) is 45.2 Å². The number of amides is 1. The summed E-state index contributed by atoms with van der Waals surface area (Å²) < 4.78 is 0. The zero-order chi connectivity index (χ0) is 13.9. The van der Waals surface area contributed by atoms with Gasteiger partial charge in [0.25, 0.3) is 0 Å². The second-order valence-corrected chi connectivity index (χ2v) is 5.01. The van der Waals surface area contributed by atoms with E-state index in [-0.39, 0.29) is 11.9 Å². The highest BCUT2D eigenvalue weighted by atomic mass is 16.2. The molecule has 0 saturated carbocycles. The van der Waals surface area contributed by atoms with Gasteiger partial charge >= 0.3 is 0 Å². The minimum absolute atomic E-state index is 0.0764. The maximum absolute atomic E-state index is 12.5. The number of benzene rings is 1. The number of carbonyl (C=O) groups is 1. The Labute approximate surface area is 118 Å². The Balaban J connectivity index is 1.76. The molecule has 1 aliphatic heterocycles. The quantitative estimate of drug-likeness (QED) is 0.901. The van der Waals surface area contributed by atoms with Crippen LogP contribution in [-0.4, -0.2) is 24.0 Å². The normalized spacial score (nSPS) is 17.4. The molecule has 1 N–H and O–H groups in total. The maximum Gasteiger partial charge on any atom is 0.244 e. The molecular formula is C16H17N3O. The number of nitrogens with one attached hydrogen (secondary N) is 1. The third-order valence-electron chi connectivity index (χ3n) is 3.74. The van der Waals surface area contributed by atoms with Crippen molar-refractivity contribution < 1.29 is 4.79 Å². The Bertz CT molecular complexity index is 612. The third-order valence-corrected chi connectivity index (χ3v) is 3.74. The fraction of sp³-hybridized carbons (Fsp3) is 0.250. The molecule has 2 aromatic rings. The van der Waals surface area contributed by atoms with E-state index in [2.05, 4.69) is 22.4 Å². The van der Waals surface area contributed by atoms with Crippen molar-refractivity contribution in [2.45, 2.75) is 19.0 Å². The molecule has 0 radical (unpaired) electrons. The molecular weight excluding hydrogens is 250 g/mol. The van der Waals surface area contributed by atoms with Crippen molar-refractivity contribution >= 4 is 11.6 Å². The van der Waals surface area contributed by atoms with Crippen LogP contribution in [0.25, 0.3) is 0 Å². The van der Waals surface area contributed by atoms with Crippen LogP contribution in [0.1, 0.15) is 11.1 Å². The zero-order valence-electron chi connectivity index (χ0n) is 11.4. The van der Waals surface area contributed by atoms with Crippen LogP contribution in [0.5, 0.6) is 0 Å². The molecule has 102 valence electrons. The van der Waals surface area contributed by atoms with Crippen molar-refractivity contribution in [1.29, 1.82) is 0 Å². The summed E-state index contributed by atoms with van der Waals surface area (Å²) in [4.78, 5) is 18.3. The Morgan fingerprint density at radius 3 is 2.80 bits per heavy atom. The first kappa shape index (κ1) is 12.8. The number of hydrogen-bond donors (Lipinski definition) is 1. The number of pyridine rings is 1. The fourth-order valence-electron chi connectivity index (χ4n) is 2.54. The van der Waals surface area contributed by atoms with Gasteiger partial charge in [0.05, 0.1) is 17.9 Å². The van der Waals surface area contributed by atoms with Gasteiger partial charge < -0.3 is 10.2 Å². The van der Waals surface area contributed by atoms with Gasteiger partial charge in [0.15, 0.2) is 0 Å². The van der Waals surface area contributed by atoms with Gasteiger partial charge in [-0.15, -0.1) is 0 Å². The van der Waals surface area contributed by atoms with E-state index in [4.69, 9.17) is 0 Å². The van der Waals surface area contributed by atoms with Gasteiger partial charge in [-0.1, -0.05) is 24.3 Å². The lowest BCUT2D eigenvalue weighted by molar-refractivity contribution is -0.120. The average molecular weight is 267 g/mol. The highest BCUT2D eigenvalue weighted by Crippen LogP contribution is 2.19. The predicted octanol–water partition coefficient (Wildman–Crippen LogP) is 1.76. The number of aromatic nitrogens is 1. The van der Waals surface area contributed by atoms with E-state index in [1.165, 1.54) is 11.1 Å². The van der Waals surface area contributed by atoms with Crippen molar-refractivity contribution in [2.75, 3.05) is 11.9 Å². The number of nitrogens with zero attached hydrogens (tertiary/aromatic N) is 2. The minimum atomic E-state index is -0.171. The van der Waals surface area contributed by atoms with E-state index in [9.17, 15) is 4.79 Å². The minimum Gasteiger partial charge on any atom is -0.313 e. The van der Waals surface area contributed by atoms with Gasteiger partial charge in [-0.25, -0.2) is 0 Å². The predicted molar refractivity (Wildman–Crippen MR) is 78.4 cm³/mol. The molecule has 1 aromatic heterocycles. The lowest BCUT2D eigenvalue weighted by atomic mass is 9.95. The van der Waals surface area contributed by atoms with E-state index >= 15 is 0 Å². The van der Waals surface area contributed by atoms with Crippen LogP contribution in [0.4, 0.5) is 5.69 Å². The molecule has 0 aliphatic carbocycles. The molecule has 4 heteroatoms. The lowest BCUT2D eigenvalue weighted by Gasteiger charge is -2.28. The Hall–Kier alpha value is -2.20. The van der Waals surface area contributed by atoms with Crippen LogP contribution in [-0.2, 0) is 17.8 Å². The van der Waals surface area contributed by atoms with Crippen molar-refractivity contribution in [3.63, 3.8) is 0 Å². The SMILES string of the molecule is CN(C(=O)C1Cc2ccccc2CN1)c1cccnc1. The van der Waals surface area contributed by atoms with Crippen LogP contribution >= 0.6 is 0 Å². The van der Waals surface area contributed by atoms with Crippen LogP contribution in [0.3, 0.4) is 0 Å². The Morgan fingerprint density at radius 2 is 2.05 bits per heavy atom. The molecule has 3 rings (SSSR count). The molecule has 1 atom stereocenters. The van der Waals surface area contributed by atoms with E-state index in [0.717, 1.165) is 18.7 Å². The summed E-state index contributed by atoms with van der Waals surface area (Å²) >= 11 is 0. The summed E-state index contributed by atoms with van der Waals surface area (Å²) in [5.74, 6) is 0.0764. The molecule has 20 heavy (non-hydrogen) atoms. The van der Waals surface area contributed by atoms with Gasteiger partial charge in [0, 0.05) is 19.8 Å². The molecule has 0 spiro atoms. The first-order valence-corrected chi connectivity index (χ1v) is 6.73. The van der Waals surface area contributed by atoms with Gasteiger partial charge in [0.2, 0.25) is 5.91 Å². The van der Waals surface area contributed by atoms with Crippen molar-refractivity contribution in [3.8, 4) is 0 Å². The molecule has 1 unspecified atom stereocenters. The van der Waals surface area contributed by atoms with Gasteiger partial charge in [-0.3, -0.25) is 9.78 Å². The van der Waals surface area contributed by atoms with Crippen LogP contribution in [0.2, 0.25) is 0 Å². The van der Waals surface area contributed by atoms with Gasteiger partial charge in [-0.2, -0.15) is 0 Å². The third kappa shape index (κ3) is 2.42. The first-order valence-electron chi connectivity index (χ1n) is 6.73. The fourth-order valence-corrected chi connectivity index (χ4v) is 2.54. The maximum atomic E-state index is 12.5. The van der Waals surface area contributed by atoms with Crippen molar-refractivity contribution in [2.24, 2.45) is 0 Å². The summed E-state index contributed by atoms with van der Waals surface area (Å²) in [6.45, 7) is 0.744. The summed E-state index contributed by atoms with van der Waals surface area (Å²) in [5, 5.41) is 3.31. The summed E-state index contributed by atoms with van der Waals surface area (Å²) in [6.07, 6.45) is 4.14. The standard InChI is InChI=1S/C16H17N3O/c1-19(14-7-4-8-17-11-14)16(20)15-9-12-5-2-3-6-13(12)10-18-15/h2-8,11,15,18H,9-10H2,1H3. The summed E-state index contributed by atoms with van der Waals surface area (Å²) in [7, 11) is 1.79. The largest absolute Gasteiger partial charge is 0.313 e. The Kier molecular flexibility index (Phi) is 3.48. The van der Waals surface area contributed by atoms with Crippen LogP contribution < -0.4 is 10.2 Å². The van der Waals surface area contributed by atoms with E-state index in [1.807, 2.05) is 24.3 Å². The average Bonchev–Trinajstić information content (AvgIpc) is 2.54. The van der Waals surface area contributed by atoms with Crippen LogP contribution in [0, 0.1) is 0 Å². The molecule has 4 nitrogen and oxygen atoms in total. The number of rotatable bonds is 2. The highest BCUT2D eigenvalue weighted by molar-refractivity contribution is 5.96. The molecule has 1 aliphatic rings. The Morgan fingerprint density at radius 1 is 1.25 bits per heavy atom. The summed E-state index contributed by atoms with van der Waals surface area (Å²) in [5.41, 5.74) is 3.35. The molecule has 1 amide bonds. The van der Waals surface area contributed by atoms with Crippen LogP contribution in [0.15, 0.2) is 48.8 Å². The summed E-state index contributed by atoms with van der Waals surface area (Å²) in [6, 6.07) is 11.8. The molecule has 1 aromatic carbocycles. The van der Waals surface area contributed by atoms with Gasteiger partial charge in [-0.05, 0) is 29.7 Å². The number of likely N-dealkylation sites (N-methyl/N-ethyl adjacent to an activating group) is 1. The number of hydrogen-bond acceptors (Lipinski definition) is 3. The smallest absolute Gasteiger partial charge is 0.244 e. The second kappa shape index (κ2) is 5.43. The highest BCUT2D eigenvalue weighted by Gasteiger charge is 2.26. The molecule has 0 bridgehead atoms. The van der Waals surface area contributed by atoms with E-state index in [1.54, 1.807) is 24.3 Å². The van der Waals surface area contributed by atoms with Crippen molar-refractivity contribution in [1.82, 2.24) is 10.3 Å². The monoisotopic (exact) mass is 267 g/mol. The second-order valence-electron chi connectivity index (χ2n) is 5.01. The van der Waals surface area contributed by atoms with E-state index in [0.29, 0.717) is 0 Å².